The average Bonchev–Trinajstić information content (AvgIpc) is 2.84. The number of nitrogens with zero attached hydrogens (tertiary/aromatic N) is 1. The Morgan fingerprint density at radius 1 is 1.58 bits per heavy atom. The number of nitrogens with one attached hydrogen (secondary N) is 2. The first kappa shape index (κ1) is 14.6. The molecule has 1 aliphatic rings. The molecule has 1 saturated heterocycles. The predicted molar refractivity (Wildman–Crippen MR) is 77.8 cm³/mol. The first-order valence-corrected chi connectivity index (χ1v) is 7.15. The maximum Gasteiger partial charge on any atom is 0.224 e. The topological polar surface area (TPSA) is 54.0 Å². The van der Waals surface area contributed by atoms with Crippen LogP contribution in [0.3, 0.4) is 0 Å². The molecule has 0 aromatic carbocycles. The minimum Gasteiger partial charge on any atom is -0.323 e. The SMILES string of the molecule is Cc1cc(Cl)nc(Cl)c1NC(=O)CCC1CCNC1. The lowest BCUT2D eigenvalue weighted by Gasteiger charge is -2.11. The average molecular weight is 302 g/mol. The lowest BCUT2D eigenvalue weighted by atomic mass is 10.0. The largest absolute Gasteiger partial charge is 0.323 e. The van der Waals surface area contributed by atoms with E-state index < -0.39 is 0 Å². The minimum atomic E-state index is -0.0268. The Kier molecular flexibility index (Phi) is 5.02. The summed E-state index contributed by atoms with van der Waals surface area (Å²) in [6, 6.07) is 1.68. The van der Waals surface area contributed by atoms with E-state index in [2.05, 4.69) is 15.6 Å². The zero-order valence-electron chi connectivity index (χ0n) is 10.8. The number of carbonyl (C=O) groups excluding carboxylic acids is 1. The van der Waals surface area contributed by atoms with Gasteiger partial charge in [-0.25, -0.2) is 4.98 Å². The molecule has 19 heavy (non-hydrogen) atoms. The van der Waals surface area contributed by atoms with E-state index >= 15 is 0 Å². The summed E-state index contributed by atoms with van der Waals surface area (Å²) in [6.07, 6.45) is 2.55. The molecule has 1 atom stereocenters. The normalized spacial score (nSPS) is 18.6. The van der Waals surface area contributed by atoms with Crippen LogP contribution < -0.4 is 10.6 Å². The van der Waals surface area contributed by atoms with Crippen LogP contribution >= 0.6 is 23.2 Å². The molecule has 2 N–H and O–H groups in total. The van der Waals surface area contributed by atoms with Crippen LogP contribution in [0.2, 0.25) is 10.3 Å². The Balaban J connectivity index is 1.91. The highest BCUT2D eigenvalue weighted by Crippen LogP contribution is 2.26. The number of pyridine rings is 1. The van der Waals surface area contributed by atoms with Gasteiger partial charge >= 0.3 is 0 Å². The minimum absolute atomic E-state index is 0.0268. The van der Waals surface area contributed by atoms with Gasteiger partial charge in [-0.2, -0.15) is 0 Å². The highest BCUT2D eigenvalue weighted by molar-refractivity contribution is 6.34. The van der Waals surface area contributed by atoms with Gasteiger partial charge in [-0.3, -0.25) is 4.79 Å². The molecular weight excluding hydrogens is 285 g/mol. The molecule has 2 heterocycles. The molecule has 104 valence electrons. The zero-order chi connectivity index (χ0) is 13.8. The molecule has 1 amide bonds. The molecule has 2 rings (SSSR count). The van der Waals surface area contributed by atoms with Crippen molar-refractivity contribution >= 4 is 34.8 Å². The van der Waals surface area contributed by atoms with E-state index in [-0.39, 0.29) is 11.1 Å². The number of rotatable bonds is 4. The third-order valence-corrected chi connectivity index (χ3v) is 3.81. The molecule has 4 nitrogen and oxygen atoms in total. The van der Waals surface area contributed by atoms with Crippen molar-refractivity contribution in [3.63, 3.8) is 0 Å². The van der Waals surface area contributed by atoms with Crippen LogP contribution in [0.25, 0.3) is 0 Å². The number of anilines is 1. The number of halogens is 2. The van der Waals surface area contributed by atoms with E-state index in [1.54, 1.807) is 6.07 Å². The summed E-state index contributed by atoms with van der Waals surface area (Å²) in [5.41, 5.74) is 1.38. The maximum atomic E-state index is 11.9. The summed E-state index contributed by atoms with van der Waals surface area (Å²) in [4.78, 5) is 15.8. The second-order valence-electron chi connectivity index (χ2n) is 4.87. The summed E-state index contributed by atoms with van der Waals surface area (Å²) >= 11 is 11.8. The van der Waals surface area contributed by atoms with Gasteiger partial charge in [-0.1, -0.05) is 23.2 Å². The van der Waals surface area contributed by atoms with Gasteiger partial charge in [0.25, 0.3) is 0 Å². The highest BCUT2D eigenvalue weighted by atomic mass is 35.5. The summed E-state index contributed by atoms with van der Waals surface area (Å²) in [7, 11) is 0. The highest BCUT2D eigenvalue weighted by Gasteiger charge is 2.17. The number of carbonyl (C=O) groups is 1. The van der Waals surface area contributed by atoms with E-state index in [1.165, 1.54) is 0 Å². The molecule has 0 aliphatic carbocycles. The van der Waals surface area contributed by atoms with E-state index in [4.69, 9.17) is 23.2 Å². The fourth-order valence-electron chi connectivity index (χ4n) is 2.24. The van der Waals surface area contributed by atoms with Crippen LogP contribution in [0.4, 0.5) is 5.69 Å². The van der Waals surface area contributed by atoms with Crippen molar-refractivity contribution < 1.29 is 4.79 Å². The molecule has 1 aromatic heterocycles. The molecule has 6 heteroatoms. The molecule has 1 fully saturated rings. The molecule has 0 spiro atoms. The van der Waals surface area contributed by atoms with Crippen molar-refractivity contribution in [3.8, 4) is 0 Å². The van der Waals surface area contributed by atoms with Crippen molar-refractivity contribution in [2.45, 2.75) is 26.2 Å². The summed E-state index contributed by atoms with van der Waals surface area (Å²) in [5, 5.41) is 6.68. The molecule has 1 unspecified atom stereocenters. The molecular formula is C13H17Cl2N3O. The van der Waals surface area contributed by atoms with Crippen LogP contribution in [0.15, 0.2) is 6.07 Å². The Bertz CT molecular complexity index is 450. The van der Waals surface area contributed by atoms with Crippen molar-refractivity contribution in [3.05, 3.63) is 21.9 Å². The fourth-order valence-corrected chi connectivity index (χ4v) is 2.82. The summed E-state index contributed by atoms with van der Waals surface area (Å²) in [6.45, 7) is 3.91. The third kappa shape index (κ3) is 4.06. The fraction of sp³-hybridized carbons (Fsp3) is 0.538. The van der Waals surface area contributed by atoms with Crippen molar-refractivity contribution in [1.29, 1.82) is 0 Å². The van der Waals surface area contributed by atoms with Gasteiger partial charge in [-0.15, -0.1) is 0 Å². The van der Waals surface area contributed by atoms with Crippen molar-refractivity contribution in [2.24, 2.45) is 5.92 Å². The van der Waals surface area contributed by atoms with Gasteiger partial charge in [0.15, 0.2) is 5.15 Å². The van der Waals surface area contributed by atoms with E-state index in [0.717, 1.165) is 31.5 Å². The Morgan fingerprint density at radius 2 is 2.37 bits per heavy atom. The van der Waals surface area contributed by atoms with Crippen LogP contribution in [-0.2, 0) is 4.79 Å². The lowest BCUT2D eigenvalue weighted by molar-refractivity contribution is -0.116. The van der Waals surface area contributed by atoms with E-state index in [1.807, 2.05) is 6.92 Å². The molecule has 0 bridgehead atoms. The smallest absolute Gasteiger partial charge is 0.224 e. The van der Waals surface area contributed by atoms with Gasteiger partial charge in [0, 0.05) is 6.42 Å². The van der Waals surface area contributed by atoms with Gasteiger partial charge < -0.3 is 10.6 Å². The van der Waals surface area contributed by atoms with Gasteiger partial charge in [-0.05, 0) is 50.4 Å². The number of aryl methyl sites for hydroxylation is 1. The number of hydrogen-bond acceptors (Lipinski definition) is 3. The van der Waals surface area contributed by atoms with Gasteiger partial charge in [0.05, 0.1) is 5.69 Å². The first-order valence-electron chi connectivity index (χ1n) is 6.39. The molecule has 1 aliphatic heterocycles. The zero-order valence-corrected chi connectivity index (χ0v) is 12.3. The third-order valence-electron chi connectivity index (χ3n) is 3.35. The van der Waals surface area contributed by atoms with Crippen molar-refractivity contribution in [2.75, 3.05) is 18.4 Å². The van der Waals surface area contributed by atoms with Crippen LogP contribution in [0.1, 0.15) is 24.8 Å². The summed E-state index contributed by atoms with van der Waals surface area (Å²) < 4.78 is 0. The summed E-state index contributed by atoms with van der Waals surface area (Å²) in [5.74, 6) is 0.576. The van der Waals surface area contributed by atoms with Crippen LogP contribution in [0.5, 0.6) is 0 Å². The van der Waals surface area contributed by atoms with E-state index in [0.29, 0.717) is 23.2 Å². The number of aromatic nitrogens is 1. The molecule has 0 saturated carbocycles. The van der Waals surface area contributed by atoms with Crippen LogP contribution in [-0.4, -0.2) is 24.0 Å². The molecule has 0 radical (unpaired) electrons. The second-order valence-corrected chi connectivity index (χ2v) is 5.62. The first-order chi connectivity index (χ1) is 9.06. The Hall–Kier alpha value is -0.840. The number of amides is 1. The monoisotopic (exact) mass is 301 g/mol. The quantitative estimate of drug-likeness (QED) is 0.841. The van der Waals surface area contributed by atoms with Crippen LogP contribution in [0, 0.1) is 12.8 Å². The predicted octanol–water partition coefficient (Wildman–Crippen LogP) is 3.03. The van der Waals surface area contributed by atoms with E-state index in [9.17, 15) is 4.79 Å². The van der Waals surface area contributed by atoms with Gasteiger partial charge in [0.2, 0.25) is 5.91 Å². The molecule has 1 aromatic rings. The second kappa shape index (κ2) is 6.55. The Morgan fingerprint density at radius 3 is 3.00 bits per heavy atom. The number of hydrogen-bond donors (Lipinski definition) is 2. The maximum absolute atomic E-state index is 11.9. The lowest BCUT2D eigenvalue weighted by Crippen LogP contribution is -2.16. The Labute approximate surface area is 122 Å². The van der Waals surface area contributed by atoms with Crippen molar-refractivity contribution in [1.82, 2.24) is 10.3 Å². The standard InChI is InChI=1S/C13H17Cl2N3O/c1-8-6-10(14)17-13(15)12(8)18-11(19)3-2-9-4-5-16-7-9/h6,9,16H,2-5,7H2,1H3,(H,18,19). The van der Waals surface area contributed by atoms with Gasteiger partial charge in [0.1, 0.15) is 5.15 Å².